The molecule has 14 nitrogen and oxygen atoms in total. The van der Waals surface area contributed by atoms with Crippen LogP contribution in [-0.4, -0.2) is 104 Å². The number of fused-ring (bicyclic) bond motifs is 1. The number of amides is 2. The number of carboxylic acid groups (broad SMARTS) is 1. The number of carboxylic acids is 1. The van der Waals surface area contributed by atoms with Crippen LogP contribution in [0.4, 0.5) is 0 Å². The molecule has 1 heterocycles. The Hall–Kier alpha value is -3.15. The van der Waals surface area contributed by atoms with E-state index in [2.05, 4.69) is 20.3 Å². The van der Waals surface area contributed by atoms with Crippen molar-refractivity contribution in [3.63, 3.8) is 0 Å². The molecule has 0 spiro atoms. The number of para-hydroxylation sites is 1. The summed E-state index contributed by atoms with van der Waals surface area (Å²) in [6.07, 6.45) is 4.77. The third-order valence-corrected chi connectivity index (χ3v) is 12.3. The molecule has 2 aromatic carbocycles. The van der Waals surface area contributed by atoms with Crippen molar-refractivity contribution in [1.29, 1.82) is 0 Å². The number of nitrogens with two attached hydrogens (primary N) is 1. The molecule has 4 atom stereocenters. The van der Waals surface area contributed by atoms with Crippen molar-refractivity contribution < 1.29 is 42.1 Å². The van der Waals surface area contributed by atoms with E-state index >= 15 is 0 Å². The van der Waals surface area contributed by atoms with Crippen LogP contribution in [0, 0.1) is 5.41 Å². The van der Waals surface area contributed by atoms with Gasteiger partial charge >= 0.3 is 24.8 Å². The summed E-state index contributed by atoms with van der Waals surface area (Å²) >= 11 is 0. The number of carbonyl (C=O) groups excluding carboxylic acids is 2. The molecule has 2 amide bonds. The van der Waals surface area contributed by atoms with Crippen molar-refractivity contribution >= 4 is 64.9 Å². The van der Waals surface area contributed by atoms with Crippen LogP contribution in [0.3, 0.4) is 0 Å². The van der Waals surface area contributed by atoms with E-state index in [-0.39, 0.29) is 51.0 Å². The minimum atomic E-state index is -4.46. The molecule has 8 N–H and O–H groups in total. The number of aromatic nitrogens is 1. The van der Waals surface area contributed by atoms with Crippen molar-refractivity contribution in [1.82, 2.24) is 20.3 Å². The van der Waals surface area contributed by atoms with Gasteiger partial charge in [0.1, 0.15) is 23.6 Å². The zero-order valence-electron chi connectivity index (χ0n) is 28.4. The van der Waals surface area contributed by atoms with Crippen molar-refractivity contribution in [3.8, 4) is 5.75 Å². The van der Waals surface area contributed by atoms with Gasteiger partial charge in [0.25, 0.3) is 0 Å². The molecular weight excluding hydrogens is 692 g/mol. The standard InChI is InChI=1S/C34H48N5O9PS.Li.H/c1-48-25-14-12-23(13-15-25)19-30(38-31(40)28(11-5-8-18-35)39-50(2,46)47)49(44,45)22-34(16-6-7-17-34)33(43)37-29(32(41)42)20-24-21-36-27-10-4-3-9-26(24)27;;/h3-4,9-10,12-15,21,28-30,36,39H,5-8,11,16-20,22,35H2,1-2H3,(H,37,43)(H,38,40)(H,41,42)(H,44,45);;/t28?,29-,30?;;/m0../s1. The van der Waals surface area contributed by atoms with Gasteiger partial charge in [-0.05, 0) is 61.6 Å². The van der Waals surface area contributed by atoms with E-state index in [1.165, 1.54) is 7.11 Å². The number of nitrogens with one attached hydrogen (secondary N) is 4. The number of benzene rings is 2. The zero-order valence-corrected chi connectivity index (χ0v) is 30.1. The first-order valence-electron chi connectivity index (χ1n) is 16.7. The van der Waals surface area contributed by atoms with Gasteiger partial charge in [0, 0.05) is 36.1 Å². The van der Waals surface area contributed by atoms with Gasteiger partial charge in [-0.2, -0.15) is 0 Å². The van der Waals surface area contributed by atoms with E-state index in [0.29, 0.717) is 49.1 Å². The van der Waals surface area contributed by atoms with Crippen molar-refractivity contribution in [3.05, 3.63) is 65.9 Å². The van der Waals surface area contributed by atoms with Crippen LogP contribution in [0.5, 0.6) is 5.75 Å². The van der Waals surface area contributed by atoms with Crippen molar-refractivity contribution in [2.24, 2.45) is 11.1 Å². The second-order valence-corrected chi connectivity index (χ2v) is 17.4. The molecule has 0 radical (unpaired) electrons. The number of carbonyl (C=O) groups is 3. The molecule has 17 heteroatoms. The third kappa shape index (κ3) is 11.7. The van der Waals surface area contributed by atoms with Gasteiger partial charge in [0.2, 0.25) is 29.2 Å². The molecule has 4 rings (SSSR count). The van der Waals surface area contributed by atoms with Gasteiger partial charge in [-0.1, -0.05) is 49.6 Å². The second-order valence-electron chi connectivity index (χ2n) is 13.1. The Balaban J connectivity index is 0.00000702. The fraction of sp³-hybridized carbons (Fsp3) is 0.500. The molecule has 3 aromatic rings. The van der Waals surface area contributed by atoms with Crippen LogP contribution in [0.15, 0.2) is 54.7 Å². The van der Waals surface area contributed by atoms with Gasteiger partial charge in [0.05, 0.1) is 18.8 Å². The Morgan fingerprint density at radius 2 is 1.69 bits per heavy atom. The van der Waals surface area contributed by atoms with Crippen LogP contribution in [-0.2, 0) is 41.8 Å². The summed E-state index contributed by atoms with van der Waals surface area (Å²) in [4.78, 5) is 55.0. The van der Waals surface area contributed by atoms with E-state index in [1.807, 2.05) is 24.3 Å². The van der Waals surface area contributed by atoms with Crippen LogP contribution < -0.4 is 25.8 Å². The van der Waals surface area contributed by atoms with Crippen molar-refractivity contribution in [2.75, 3.05) is 26.1 Å². The maximum atomic E-state index is 14.5. The molecule has 1 fully saturated rings. The fourth-order valence-corrected chi connectivity index (χ4v) is 9.74. The quantitative estimate of drug-likeness (QED) is 0.0538. The average molecular weight is 742 g/mol. The normalized spacial score (nSPS) is 17.0. The third-order valence-electron chi connectivity index (χ3n) is 9.28. The molecular formula is C34H49LiN5O9PS. The molecule has 276 valence electrons. The number of aromatic amines is 1. The molecule has 0 aliphatic heterocycles. The number of unbranched alkanes of at least 4 members (excludes halogenated alkanes) is 1. The van der Waals surface area contributed by atoms with E-state index in [1.54, 1.807) is 30.5 Å². The summed E-state index contributed by atoms with van der Waals surface area (Å²) in [5, 5.41) is 16.3. The number of rotatable bonds is 19. The Morgan fingerprint density at radius 1 is 1.02 bits per heavy atom. The zero-order chi connectivity index (χ0) is 36.5. The molecule has 1 aromatic heterocycles. The molecule has 1 saturated carbocycles. The monoisotopic (exact) mass is 741 g/mol. The number of ether oxygens (including phenoxy) is 1. The van der Waals surface area contributed by atoms with Crippen LogP contribution >= 0.6 is 7.37 Å². The average Bonchev–Trinajstić information content (AvgIpc) is 3.71. The van der Waals surface area contributed by atoms with Crippen LogP contribution in [0.25, 0.3) is 10.9 Å². The van der Waals surface area contributed by atoms with Gasteiger partial charge in [0.15, 0.2) is 0 Å². The number of aliphatic carboxylic acids is 1. The predicted molar refractivity (Wildman–Crippen MR) is 198 cm³/mol. The molecule has 0 bridgehead atoms. The van der Waals surface area contributed by atoms with E-state index in [0.717, 1.165) is 17.2 Å². The topological polar surface area (TPSA) is 230 Å². The first-order chi connectivity index (χ1) is 23.7. The van der Waals surface area contributed by atoms with E-state index in [4.69, 9.17) is 10.5 Å². The first-order valence-corrected chi connectivity index (χ1v) is 20.5. The molecule has 1 aliphatic carbocycles. The fourth-order valence-electron chi connectivity index (χ4n) is 6.62. The summed E-state index contributed by atoms with van der Waals surface area (Å²) in [5.74, 6) is -3.50. The summed E-state index contributed by atoms with van der Waals surface area (Å²) in [7, 11) is -6.78. The second kappa shape index (κ2) is 18.6. The Kier molecular flexibility index (Phi) is 15.4. The Morgan fingerprint density at radius 3 is 2.29 bits per heavy atom. The van der Waals surface area contributed by atoms with Crippen LogP contribution in [0.2, 0.25) is 0 Å². The van der Waals surface area contributed by atoms with Gasteiger partial charge < -0.3 is 36.1 Å². The van der Waals surface area contributed by atoms with Gasteiger partial charge in [-0.3, -0.25) is 14.2 Å². The van der Waals surface area contributed by atoms with Crippen LogP contribution in [0.1, 0.15) is 56.1 Å². The molecule has 51 heavy (non-hydrogen) atoms. The SMILES string of the molecule is COc1ccc(CC(NC(=O)C(CCCCN)NS(C)(=O)=O)P(=O)(O)CC2(C(=O)N[C@@H](Cc3c[nH]c4ccccc34)C(=O)O)CCCC2)cc1.[LiH]. The summed E-state index contributed by atoms with van der Waals surface area (Å²) in [6, 6.07) is 11.6. The summed E-state index contributed by atoms with van der Waals surface area (Å²) in [5.41, 5.74) is 6.34. The molecule has 3 unspecified atom stereocenters. The van der Waals surface area contributed by atoms with Gasteiger partial charge in [-0.15, -0.1) is 0 Å². The molecule has 0 saturated heterocycles. The minimum absolute atomic E-state index is 0. The number of sulfonamides is 1. The predicted octanol–water partition coefficient (Wildman–Crippen LogP) is 2.20. The number of H-pyrrole nitrogens is 1. The first kappa shape index (κ1) is 42.3. The maximum absolute atomic E-state index is 14.5. The van der Waals surface area contributed by atoms with E-state index < -0.39 is 64.6 Å². The number of hydrogen-bond donors (Lipinski definition) is 7. The van der Waals surface area contributed by atoms with Gasteiger partial charge in [-0.25, -0.2) is 17.9 Å². The summed E-state index contributed by atoms with van der Waals surface area (Å²) < 4.78 is 46.3. The molecule has 1 aliphatic rings. The number of methoxy groups -OCH3 is 1. The van der Waals surface area contributed by atoms with Crippen molar-refractivity contribution in [2.45, 2.75) is 75.7 Å². The van der Waals surface area contributed by atoms with E-state index in [9.17, 15) is 37.4 Å². The summed E-state index contributed by atoms with van der Waals surface area (Å²) in [6.45, 7) is 0.341. The Labute approximate surface area is 310 Å². The number of hydrogen-bond acceptors (Lipinski definition) is 8. The Bertz CT molecular complexity index is 1800.